The molecule has 0 aromatic carbocycles. The highest BCUT2D eigenvalue weighted by atomic mass is 15.3. The number of rotatable bonds is 6. The third-order valence-corrected chi connectivity index (χ3v) is 2.96. The van der Waals surface area contributed by atoms with Gasteiger partial charge in [0.1, 0.15) is 0 Å². The second kappa shape index (κ2) is 6.31. The van der Waals surface area contributed by atoms with Gasteiger partial charge in [-0.1, -0.05) is 13.0 Å². The van der Waals surface area contributed by atoms with Gasteiger partial charge in [0.25, 0.3) is 0 Å². The van der Waals surface area contributed by atoms with Gasteiger partial charge in [-0.2, -0.15) is 5.10 Å². The molecule has 0 aliphatic carbocycles. The van der Waals surface area contributed by atoms with Gasteiger partial charge in [-0.15, -0.1) is 0 Å². The molecule has 0 amide bonds. The summed E-state index contributed by atoms with van der Waals surface area (Å²) >= 11 is 0. The largest absolute Gasteiger partial charge is 0.306 e. The average molecular weight is 244 g/mol. The lowest BCUT2D eigenvalue weighted by Crippen LogP contribution is -2.17. The molecule has 2 aromatic heterocycles. The first-order valence-corrected chi connectivity index (χ1v) is 6.43. The quantitative estimate of drug-likeness (QED) is 0.847. The number of aryl methyl sites for hydroxylation is 2. The van der Waals surface area contributed by atoms with Crippen LogP contribution in [0.2, 0.25) is 0 Å². The Hall–Kier alpha value is -1.68. The van der Waals surface area contributed by atoms with Crippen molar-refractivity contribution in [1.29, 1.82) is 0 Å². The Morgan fingerprint density at radius 1 is 1.22 bits per heavy atom. The molecule has 0 bridgehead atoms. The maximum Gasteiger partial charge on any atom is 0.0570 e. The third kappa shape index (κ3) is 3.17. The predicted octanol–water partition coefficient (Wildman–Crippen LogP) is 2.29. The summed E-state index contributed by atoms with van der Waals surface area (Å²) in [5.74, 6) is 0. The zero-order valence-electron chi connectivity index (χ0n) is 11.1. The minimum atomic E-state index is 0.796. The minimum Gasteiger partial charge on any atom is -0.306 e. The van der Waals surface area contributed by atoms with E-state index in [0.717, 1.165) is 31.7 Å². The highest BCUT2D eigenvalue weighted by molar-refractivity contribution is 5.17. The summed E-state index contributed by atoms with van der Waals surface area (Å²) in [7, 11) is 0. The Bertz CT molecular complexity index is 490. The molecule has 0 unspecified atom stereocenters. The second-order valence-electron chi connectivity index (χ2n) is 4.42. The summed E-state index contributed by atoms with van der Waals surface area (Å²) in [6.07, 6.45) is 4.80. The molecule has 0 saturated carbocycles. The highest BCUT2D eigenvalue weighted by Gasteiger charge is 2.02. The van der Waals surface area contributed by atoms with Gasteiger partial charge < -0.3 is 5.32 Å². The van der Waals surface area contributed by atoms with Gasteiger partial charge >= 0.3 is 0 Å². The molecule has 4 nitrogen and oxygen atoms in total. The number of hydrogen-bond donors (Lipinski definition) is 1. The third-order valence-electron chi connectivity index (χ3n) is 2.96. The van der Waals surface area contributed by atoms with E-state index in [9.17, 15) is 0 Å². The zero-order valence-corrected chi connectivity index (χ0v) is 11.1. The van der Waals surface area contributed by atoms with Crippen molar-refractivity contribution in [1.82, 2.24) is 20.1 Å². The van der Waals surface area contributed by atoms with Crippen molar-refractivity contribution in [3.8, 4) is 0 Å². The summed E-state index contributed by atoms with van der Waals surface area (Å²) in [6, 6.07) is 6.12. The first-order valence-electron chi connectivity index (χ1n) is 6.43. The Balaban J connectivity index is 1.88. The minimum absolute atomic E-state index is 0.796. The van der Waals surface area contributed by atoms with Crippen molar-refractivity contribution in [3.63, 3.8) is 0 Å². The molecule has 0 aliphatic rings. The van der Waals surface area contributed by atoms with Crippen molar-refractivity contribution in [2.45, 2.75) is 39.9 Å². The number of nitrogens with one attached hydrogen (secondary N) is 1. The smallest absolute Gasteiger partial charge is 0.0570 e. The first kappa shape index (κ1) is 12.8. The molecule has 0 aliphatic heterocycles. The van der Waals surface area contributed by atoms with Gasteiger partial charge in [-0.3, -0.25) is 9.67 Å². The van der Waals surface area contributed by atoms with Crippen LogP contribution in [0.5, 0.6) is 0 Å². The second-order valence-corrected chi connectivity index (χ2v) is 4.42. The standard InChI is InChI=1S/C14H20N4/c1-3-9-18-13(6-8-17-18)10-15-11-14-12(2)5-4-7-16-14/h4-8,15H,3,9-11H2,1-2H3. The van der Waals surface area contributed by atoms with Crippen LogP contribution in [0.4, 0.5) is 0 Å². The Morgan fingerprint density at radius 3 is 2.89 bits per heavy atom. The predicted molar refractivity (Wildman–Crippen MR) is 72.0 cm³/mol. The van der Waals surface area contributed by atoms with Crippen molar-refractivity contribution in [2.24, 2.45) is 0 Å². The van der Waals surface area contributed by atoms with Crippen LogP contribution in [0.25, 0.3) is 0 Å². The molecule has 2 aromatic rings. The fourth-order valence-corrected chi connectivity index (χ4v) is 1.94. The zero-order chi connectivity index (χ0) is 12.8. The Labute approximate surface area is 108 Å². The normalized spacial score (nSPS) is 10.8. The van der Waals surface area contributed by atoms with Crippen LogP contribution in [0, 0.1) is 6.92 Å². The van der Waals surface area contributed by atoms with Gasteiger partial charge in [0.2, 0.25) is 0 Å². The maximum absolute atomic E-state index is 4.37. The van der Waals surface area contributed by atoms with E-state index in [-0.39, 0.29) is 0 Å². The summed E-state index contributed by atoms with van der Waals surface area (Å²) < 4.78 is 2.05. The number of pyridine rings is 1. The molecule has 0 radical (unpaired) electrons. The van der Waals surface area contributed by atoms with Gasteiger partial charge in [-0.05, 0) is 31.0 Å². The Morgan fingerprint density at radius 2 is 2.11 bits per heavy atom. The van der Waals surface area contributed by atoms with E-state index in [1.807, 2.05) is 18.5 Å². The summed E-state index contributed by atoms with van der Waals surface area (Å²) in [4.78, 5) is 4.37. The van der Waals surface area contributed by atoms with Gasteiger partial charge in [0, 0.05) is 32.0 Å². The highest BCUT2D eigenvalue weighted by Crippen LogP contribution is 2.04. The molecule has 0 atom stereocenters. The van der Waals surface area contributed by atoms with E-state index in [2.05, 4.69) is 46.1 Å². The molecular weight excluding hydrogens is 224 g/mol. The van der Waals surface area contributed by atoms with Crippen LogP contribution < -0.4 is 5.32 Å². The van der Waals surface area contributed by atoms with Crippen molar-refractivity contribution < 1.29 is 0 Å². The number of nitrogens with zero attached hydrogens (tertiary/aromatic N) is 3. The topological polar surface area (TPSA) is 42.7 Å². The first-order chi connectivity index (χ1) is 8.81. The van der Waals surface area contributed by atoms with E-state index in [1.165, 1.54) is 11.3 Å². The van der Waals surface area contributed by atoms with E-state index in [0.29, 0.717) is 0 Å². The van der Waals surface area contributed by atoms with Crippen LogP contribution in [0.3, 0.4) is 0 Å². The van der Waals surface area contributed by atoms with Gasteiger partial charge in [-0.25, -0.2) is 0 Å². The van der Waals surface area contributed by atoms with Crippen molar-refractivity contribution >= 4 is 0 Å². The maximum atomic E-state index is 4.37. The summed E-state index contributed by atoms with van der Waals surface area (Å²) in [6.45, 7) is 6.86. The molecule has 1 N–H and O–H groups in total. The monoisotopic (exact) mass is 244 g/mol. The summed E-state index contributed by atoms with van der Waals surface area (Å²) in [5.41, 5.74) is 3.57. The van der Waals surface area contributed by atoms with E-state index >= 15 is 0 Å². The van der Waals surface area contributed by atoms with E-state index in [1.54, 1.807) is 0 Å². The SMILES string of the molecule is CCCn1nccc1CNCc1ncccc1C. The molecule has 18 heavy (non-hydrogen) atoms. The number of hydrogen-bond acceptors (Lipinski definition) is 3. The lowest BCUT2D eigenvalue weighted by atomic mass is 10.2. The Kier molecular flexibility index (Phi) is 4.47. The molecule has 2 heterocycles. The molecule has 0 spiro atoms. The van der Waals surface area contributed by atoms with Crippen LogP contribution in [-0.2, 0) is 19.6 Å². The summed E-state index contributed by atoms with van der Waals surface area (Å²) in [5, 5.41) is 7.73. The average Bonchev–Trinajstić information content (AvgIpc) is 2.80. The van der Waals surface area contributed by atoms with E-state index < -0.39 is 0 Å². The van der Waals surface area contributed by atoms with Crippen LogP contribution in [0.1, 0.15) is 30.3 Å². The fraction of sp³-hybridized carbons (Fsp3) is 0.429. The molecule has 2 rings (SSSR count). The number of aromatic nitrogens is 3. The lowest BCUT2D eigenvalue weighted by Gasteiger charge is -2.08. The van der Waals surface area contributed by atoms with E-state index in [4.69, 9.17) is 0 Å². The molecule has 0 fully saturated rings. The molecular formula is C14H20N4. The van der Waals surface area contributed by atoms with Crippen LogP contribution in [0.15, 0.2) is 30.6 Å². The lowest BCUT2D eigenvalue weighted by molar-refractivity contribution is 0.547. The van der Waals surface area contributed by atoms with Gasteiger partial charge in [0.15, 0.2) is 0 Å². The molecule has 96 valence electrons. The van der Waals surface area contributed by atoms with Crippen LogP contribution in [-0.4, -0.2) is 14.8 Å². The fourth-order valence-electron chi connectivity index (χ4n) is 1.94. The molecule has 4 heteroatoms. The van der Waals surface area contributed by atoms with Crippen molar-refractivity contribution in [3.05, 3.63) is 47.5 Å². The van der Waals surface area contributed by atoms with Gasteiger partial charge in [0.05, 0.1) is 11.4 Å². The van der Waals surface area contributed by atoms with Crippen LogP contribution >= 0.6 is 0 Å². The molecule has 0 saturated heterocycles. The van der Waals surface area contributed by atoms with Crippen molar-refractivity contribution in [2.75, 3.05) is 0 Å².